The Morgan fingerprint density at radius 2 is 1.84 bits per heavy atom. The van der Waals surface area contributed by atoms with Crippen LogP contribution in [0.1, 0.15) is 17.2 Å². The second-order valence-corrected chi connectivity index (χ2v) is 4.39. The maximum absolute atomic E-state index is 13.6. The lowest BCUT2D eigenvalue weighted by atomic mass is 10.00. The summed E-state index contributed by atoms with van der Waals surface area (Å²) in [6, 6.07) is 7.46. The zero-order chi connectivity index (χ0) is 14.0. The van der Waals surface area contributed by atoms with E-state index in [1.807, 2.05) is 0 Å². The summed E-state index contributed by atoms with van der Waals surface area (Å²) in [6.07, 6.45) is -1.33. The molecule has 19 heavy (non-hydrogen) atoms. The third kappa shape index (κ3) is 2.85. The highest BCUT2D eigenvalue weighted by Gasteiger charge is 2.19. The summed E-state index contributed by atoms with van der Waals surface area (Å²) in [7, 11) is 1.41. The number of methoxy groups -OCH3 is 1. The molecular weight excluding hydrogens is 274 g/mol. The molecule has 0 fully saturated rings. The molecule has 0 amide bonds. The Balaban J connectivity index is 2.49. The first kappa shape index (κ1) is 13.8. The van der Waals surface area contributed by atoms with E-state index >= 15 is 0 Å². The minimum atomic E-state index is -1.33. The van der Waals surface area contributed by atoms with Gasteiger partial charge in [0.05, 0.1) is 7.11 Å². The number of hydrogen-bond acceptors (Lipinski definition) is 2. The summed E-state index contributed by atoms with van der Waals surface area (Å²) >= 11 is 5.81. The highest BCUT2D eigenvalue weighted by molar-refractivity contribution is 6.30. The van der Waals surface area contributed by atoms with Crippen LogP contribution in [-0.2, 0) is 0 Å². The van der Waals surface area contributed by atoms with Crippen molar-refractivity contribution in [1.82, 2.24) is 0 Å². The van der Waals surface area contributed by atoms with Gasteiger partial charge in [0.25, 0.3) is 0 Å². The first-order chi connectivity index (χ1) is 9.02. The highest BCUT2D eigenvalue weighted by atomic mass is 35.5. The van der Waals surface area contributed by atoms with E-state index in [-0.39, 0.29) is 5.56 Å². The molecule has 0 heterocycles. The Kier molecular flexibility index (Phi) is 4.02. The van der Waals surface area contributed by atoms with Gasteiger partial charge >= 0.3 is 0 Å². The van der Waals surface area contributed by atoms with Crippen molar-refractivity contribution >= 4 is 11.6 Å². The van der Waals surface area contributed by atoms with Crippen LogP contribution in [-0.4, -0.2) is 12.2 Å². The smallest absolute Gasteiger partial charge is 0.129 e. The molecule has 0 spiro atoms. The van der Waals surface area contributed by atoms with Crippen LogP contribution in [0, 0.1) is 11.6 Å². The summed E-state index contributed by atoms with van der Waals surface area (Å²) in [6.45, 7) is 0. The lowest BCUT2D eigenvalue weighted by Gasteiger charge is -2.16. The van der Waals surface area contributed by atoms with Crippen LogP contribution in [0.2, 0.25) is 5.02 Å². The molecule has 100 valence electrons. The molecule has 0 aliphatic rings. The van der Waals surface area contributed by atoms with Crippen LogP contribution in [0.5, 0.6) is 5.75 Å². The molecule has 0 saturated heterocycles. The van der Waals surface area contributed by atoms with Gasteiger partial charge in [0.1, 0.15) is 23.5 Å². The molecule has 0 saturated carbocycles. The first-order valence-corrected chi connectivity index (χ1v) is 5.87. The van der Waals surface area contributed by atoms with E-state index in [4.69, 9.17) is 16.3 Å². The van der Waals surface area contributed by atoms with Gasteiger partial charge in [0.2, 0.25) is 0 Å². The van der Waals surface area contributed by atoms with Crippen LogP contribution in [0.15, 0.2) is 36.4 Å². The van der Waals surface area contributed by atoms with Crippen LogP contribution < -0.4 is 4.74 Å². The Hall–Kier alpha value is -1.65. The second-order valence-electron chi connectivity index (χ2n) is 3.95. The van der Waals surface area contributed by atoms with Crippen molar-refractivity contribution in [2.75, 3.05) is 7.11 Å². The third-order valence-corrected chi connectivity index (χ3v) is 2.98. The molecule has 1 atom stereocenters. The minimum Gasteiger partial charge on any atom is -0.496 e. The monoisotopic (exact) mass is 284 g/mol. The second kappa shape index (κ2) is 5.55. The van der Waals surface area contributed by atoms with Crippen LogP contribution in [0.25, 0.3) is 0 Å². The van der Waals surface area contributed by atoms with E-state index in [1.54, 1.807) is 6.07 Å². The molecule has 2 rings (SSSR count). The first-order valence-electron chi connectivity index (χ1n) is 5.49. The topological polar surface area (TPSA) is 29.5 Å². The van der Waals surface area contributed by atoms with Gasteiger partial charge < -0.3 is 9.84 Å². The number of aliphatic hydroxyl groups excluding tert-OH is 1. The summed E-state index contributed by atoms with van der Waals surface area (Å²) in [4.78, 5) is 0. The Morgan fingerprint density at radius 1 is 1.11 bits per heavy atom. The van der Waals surface area contributed by atoms with E-state index < -0.39 is 17.7 Å². The molecule has 0 radical (unpaired) electrons. The molecule has 1 unspecified atom stereocenters. The van der Waals surface area contributed by atoms with Crippen molar-refractivity contribution in [3.05, 3.63) is 64.2 Å². The fourth-order valence-corrected chi connectivity index (χ4v) is 1.96. The molecule has 0 aliphatic heterocycles. The number of hydrogen-bond donors (Lipinski definition) is 1. The average molecular weight is 285 g/mol. The quantitative estimate of drug-likeness (QED) is 0.931. The SMILES string of the molecule is COc1cc(Cl)ccc1C(O)c1cc(F)ccc1F. The molecule has 2 aromatic carbocycles. The summed E-state index contributed by atoms with van der Waals surface area (Å²) in [5.41, 5.74) is 0.164. The van der Waals surface area contributed by atoms with E-state index in [2.05, 4.69) is 0 Å². The number of aliphatic hydroxyl groups is 1. The average Bonchev–Trinajstić information content (AvgIpc) is 2.40. The molecule has 0 bridgehead atoms. The Bertz CT molecular complexity index is 602. The van der Waals surface area contributed by atoms with Crippen LogP contribution in [0.3, 0.4) is 0 Å². The molecular formula is C14H11ClF2O2. The zero-order valence-electron chi connectivity index (χ0n) is 10.0. The van der Waals surface area contributed by atoms with Gasteiger partial charge in [0.15, 0.2) is 0 Å². The van der Waals surface area contributed by atoms with Gasteiger partial charge in [-0.15, -0.1) is 0 Å². The maximum atomic E-state index is 13.6. The fourth-order valence-electron chi connectivity index (χ4n) is 1.80. The van der Waals surface area contributed by atoms with Gasteiger partial charge in [-0.1, -0.05) is 17.7 Å². The standard InChI is InChI=1S/C14H11ClF2O2/c1-19-13-6-8(15)2-4-10(13)14(18)11-7-9(16)3-5-12(11)17/h2-7,14,18H,1H3. The molecule has 0 aromatic heterocycles. The predicted molar refractivity (Wildman–Crippen MR) is 68.4 cm³/mol. The number of halogens is 3. The predicted octanol–water partition coefficient (Wildman–Crippen LogP) is 3.71. The zero-order valence-corrected chi connectivity index (χ0v) is 10.8. The number of rotatable bonds is 3. The number of ether oxygens (including phenoxy) is 1. The van der Waals surface area contributed by atoms with E-state index in [1.165, 1.54) is 19.2 Å². The maximum Gasteiger partial charge on any atom is 0.129 e. The summed E-state index contributed by atoms with van der Waals surface area (Å²) in [5.74, 6) is -1.00. The van der Waals surface area contributed by atoms with Crippen molar-refractivity contribution in [3.63, 3.8) is 0 Å². The highest BCUT2D eigenvalue weighted by Crippen LogP contribution is 2.33. The van der Waals surface area contributed by atoms with Crippen molar-refractivity contribution in [1.29, 1.82) is 0 Å². The lowest BCUT2D eigenvalue weighted by Crippen LogP contribution is -2.05. The normalized spacial score (nSPS) is 12.3. The van der Waals surface area contributed by atoms with Gasteiger partial charge in [-0.05, 0) is 30.3 Å². The van der Waals surface area contributed by atoms with Crippen molar-refractivity contribution in [2.45, 2.75) is 6.10 Å². The van der Waals surface area contributed by atoms with E-state index in [0.717, 1.165) is 18.2 Å². The van der Waals surface area contributed by atoms with Crippen molar-refractivity contribution in [3.8, 4) is 5.75 Å². The fraction of sp³-hybridized carbons (Fsp3) is 0.143. The van der Waals surface area contributed by atoms with Gasteiger partial charge in [-0.3, -0.25) is 0 Å². The summed E-state index contributed by atoms with van der Waals surface area (Å²) in [5, 5.41) is 10.6. The Morgan fingerprint density at radius 3 is 2.53 bits per heavy atom. The van der Waals surface area contributed by atoms with Gasteiger partial charge in [-0.25, -0.2) is 8.78 Å². The van der Waals surface area contributed by atoms with Gasteiger partial charge in [0, 0.05) is 16.1 Å². The molecule has 2 aromatic rings. The molecule has 5 heteroatoms. The van der Waals surface area contributed by atoms with Crippen molar-refractivity contribution < 1.29 is 18.6 Å². The van der Waals surface area contributed by atoms with E-state index in [0.29, 0.717) is 16.3 Å². The minimum absolute atomic E-state index is 0.152. The summed E-state index contributed by atoms with van der Waals surface area (Å²) < 4.78 is 31.8. The van der Waals surface area contributed by atoms with E-state index in [9.17, 15) is 13.9 Å². The van der Waals surface area contributed by atoms with Crippen LogP contribution in [0.4, 0.5) is 8.78 Å². The van der Waals surface area contributed by atoms with Gasteiger partial charge in [-0.2, -0.15) is 0 Å². The molecule has 2 nitrogen and oxygen atoms in total. The lowest BCUT2D eigenvalue weighted by molar-refractivity contribution is 0.209. The van der Waals surface area contributed by atoms with Crippen LogP contribution >= 0.6 is 11.6 Å². The largest absolute Gasteiger partial charge is 0.496 e. The van der Waals surface area contributed by atoms with Crippen molar-refractivity contribution in [2.24, 2.45) is 0 Å². The number of benzene rings is 2. The molecule has 1 N–H and O–H groups in total. The third-order valence-electron chi connectivity index (χ3n) is 2.74. The Labute approximate surface area is 114 Å². The molecule has 0 aliphatic carbocycles.